The van der Waals surface area contributed by atoms with Crippen molar-refractivity contribution in [2.75, 3.05) is 26.7 Å². The van der Waals surface area contributed by atoms with Crippen LogP contribution in [0.2, 0.25) is 0 Å². The first-order valence-electron chi connectivity index (χ1n) is 7.51. The number of benzene rings is 1. The molecule has 1 aliphatic heterocycles. The zero-order chi connectivity index (χ0) is 15.2. The van der Waals surface area contributed by atoms with Crippen LogP contribution in [-0.4, -0.2) is 38.2 Å². The van der Waals surface area contributed by atoms with Crippen molar-refractivity contribution in [1.82, 2.24) is 10.2 Å². The van der Waals surface area contributed by atoms with Crippen LogP contribution in [0.15, 0.2) is 24.3 Å². The Bertz CT molecular complexity index is 442. The molecule has 1 N–H and O–H groups in total. The molecule has 5 heteroatoms. The maximum absolute atomic E-state index is 12.2. The third-order valence-electron chi connectivity index (χ3n) is 4.02. The molecular formula is C16H24F2N2O. The van der Waals surface area contributed by atoms with Gasteiger partial charge in [0.2, 0.25) is 0 Å². The van der Waals surface area contributed by atoms with Gasteiger partial charge in [-0.15, -0.1) is 0 Å². The van der Waals surface area contributed by atoms with E-state index in [4.69, 9.17) is 0 Å². The van der Waals surface area contributed by atoms with E-state index in [0.29, 0.717) is 5.92 Å². The first kappa shape index (κ1) is 16.2. The zero-order valence-corrected chi connectivity index (χ0v) is 12.7. The fourth-order valence-electron chi connectivity index (χ4n) is 2.86. The summed E-state index contributed by atoms with van der Waals surface area (Å²) in [6, 6.07) is 7.04. The molecule has 1 aromatic rings. The maximum Gasteiger partial charge on any atom is 0.387 e. The molecule has 1 saturated heterocycles. The Morgan fingerprint density at radius 1 is 1.43 bits per heavy atom. The Morgan fingerprint density at radius 2 is 2.24 bits per heavy atom. The van der Waals surface area contributed by atoms with Gasteiger partial charge in [-0.1, -0.05) is 12.1 Å². The highest BCUT2D eigenvalue weighted by molar-refractivity contribution is 5.30. The van der Waals surface area contributed by atoms with E-state index in [1.807, 2.05) is 13.0 Å². The average molecular weight is 298 g/mol. The molecule has 21 heavy (non-hydrogen) atoms. The average Bonchev–Trinajstić information content (AvgIpc) is 2.44. The van der Waals surface area contributed by atoms with Crippen molar-refractivity contribution in [2.24, 2.45) is 5.92 Å². The lowest BCUT2D eigenvalue weighted by atomic mass is 9.97. The number of nitrogens with zero attached hydrogens (tertiary/aromatic N) is 1. The minimum absolute atomic E-state index is 0.124. The summed E-state index contributed by atoms with van der Waals surface area (Å²) >= 11 is 0. The molecule has 2 unspecified atom stereocenters. The van der Waals surface area contributed by atoms with Crippen molar-refractivity contribution in [3.63, 3.8) is 0 Å². The molecule has 2 atom stereocenters. The largest absolute Gasteiger partial charge is 0.435 e. The highest BCUT2D eigenvalue weighted by Crippen LogP contribution is 2.21. The Kier molecular flexibility index (Phi) is 5.94. The molecule has 3 nitrogen and oxygen atoms in total. The molecule has 1 aromatic carbocycles. The van der Waals surface area contributed by atoms with E-state index >= 15 is 0 Å². The van der Waals surface area contributed by atoms with Gasteiger partial charge < -0.3 is 15.0 Å². The molecule has 0 bridgehead atoms. The molecule has 0 spiro atoms. The zero-order valence-electron chi connectivity index (χ0n) is 12.7. The predicted octanol–water partition coefficient (Wildman–Crippen LogP) is 3.28. The number of rotatable bonds is 6. The molecule has 0 radical (unpaired) electrons. The number of hydrogen-bond acceptors (Lipinski definition) is 3. The molecule has 2 rings (SSSR count). The Morgan fingerprint density at radius 3 is 2.95 bits per heavy atom. The van der Waals surface area contributed by atoms with E-state index in [1.54, 1.807) is 18.2 Å². The van der Waals surface area contributed by atoms with Crippen molar-refractivity contribution in [2.45, 2.75) is 32.4 Å². The van der Waals surface area contributed by atoms with Crippen molar-refractivity contribution in [3.8, 4) is 5.75 Å². The van der Waals surface area contributed by atoms with Gasteiger partial charge in [-0.25, -0.2) is 0 Å². The second-order valence-corrected chi connectivity index (χ2v) is 5.85. The van der Waals surface area contributed by atoms with Gasteiger partial charge in [0.25, 0.3) is 0 Å². The Balaban J connectivity index is 1.86. The second kappa shape index (κ2) is 7.71. The molecule has 0 aliphatic carbocycles. The van der Waals surface area contributed by atoms with Crippen LogP contribution in [0.25, 0.3) is 0 Å². The number of hydrogen-bond donors (Lipinski definition) is 1. The third-order valence-corrected chi connectivity index (χ3v) is 4.02. The van der Waals surface area contributed by atoms with E-state index in [0.717, 1.165) is 18.7 Å². The van der Waals surface area contributed by atoms with E-state index < -0.39 is 6.61 Å². The lowest BCUT2D eigenvalue weighted by Gasteiger charge is -2.30. The number of alkyl halides is 2. The first-order valence-corrected chi connectivity index (χ1v) is 7.51. The smallest absolute Gasteiger partial charge is 0.387 e. The number of likely N-dealkylation sites (tertiary alicyclic amines) is 1. The van der Waals surface area contributed by atoms with Crippen LogP contribution in [0.5, 0.6) is 5.75 Å². The summed E-state index contributed by atoms with van der Waals surface area (Å²) in [5.41, 5.74) is 0.970. The lowest BCUT2D eigenvalue weighted by molar-refractivity contribution is -0.0499. The standard InChI is InChI=1S/C16H24F2N2O/c1-12(19-10-13-5-4-8-20(2)11-13)14-6-3-7-15(9-14)21-16(17)18/h3,6-7,9,12-13,16,19H,4-5,8,10-11H2,1-2H3. The SMILES string of the molecule is CC(NCC1CCCN(C)C1)c1cccc(OC(F)F)c1. The highest BCUT2D eigenvalue weighted by atomic mass is 19.3. The van der Waals surface area contributed by atoms with Crippen molar-refractivity contribution in [3.05, 3.63) is 29.8 Å². The molecule has 1 heterocycles. The fraction of sp³-hybridized carbons (Fsp3) is 0.625. The van der Waals surface area contributed by atoms with E-state index in [9.17, 15) is 8.78 Å². The van der Waals surface area contributed by atoms with Gasteiger partial charge in [0.1, 0.15) is 5.75 Å². The predicted molar refractivity (Wildman–Crippen MR) is 79.7 cm³/mol. The van der Waals surface area contributed by atoms with Crippen LogP contribution in [-0.2, 0) is 0 Å². The van der Waals surface area contributed by atoms with Gasteiger partial charge in [-0.2, -0.15) is 8.78 Å². The van der Waals surface area contributed by atoms with E-state index in [2.05, 4.69) is 22.0 Å². The molecule has 0 aromatic heterocycles. The molecule has 0 saturated carbocycles. The maximum atomic E-state index is 12.2. The van der Waals surface area contributed by atoms with Gasteiger partial charge >= 0.3 is 6.61 Å². The normalized spacial score (nSPS) is 21.5. The van der Waals surface area contributed by atoms with Crippen molar-refractivity contribution in [1.29, 1.82) is 0 Å². The Labute approximate surface area is 125 Å². The van der Waals surface area contributed by atoms with E-state index in [-0.39, 0.29) is 11.8 Å². The highest BCUT2D eigenvalue weighted by Gasteiger charge is 2.18. The molecule has 118 valence electrons. The van der Waals surface area contributed by atoms with E-state index in [1.165, 1.54) is 19.4 Å². The van der Waals surface area contributed by atoms with Gasteiger partial charge in [-0.3, -0.25) is 0 Å². The number of ether oxygens (including phenoxy) is 1. The number of nitrogens with one attached hydrogen (secondary N) is 1. The summed E-state index contributed by atoms with van der Waals surface area (Å²) in [6.07, 6.45) is 2.49. The topological polar surface area (TPSA) is 24.5 Å². The van der Waals surface area contributed by atoms with Crippen LogP contribution >= 0.6 is 0 Å². The minimum Gasteiger partial charge on any atom is -0.435 e. The molecule has 1 fully saturated rings. The molecule has 0 amide bonds. The van der Waals surface area contributed by atoms with Gasteiger partial charge in [0, 0.05) is 12.6 Å². The fourth-order valence-corrected chi connectivity index (χ4v) is 2.86. The number of halogens is 2. The van der Waals surface area contributed by atoms with Crippen LogP contribution in [0.4, 0.5) is 8.78 Å². The molecular weight excluding hydrogens is 274 g/mol. The monoisotopic (exact) mass is 298 g/mol. The van der Waals surface area contributed by atoms with Crippen LogP contribution in [0.3, 0.4) is 0 Å². The third kappa shape index (κ3) is 5.25. The van der Waals surface area contributed by atoms with Crippen LogP contribution < -0.4 is 10.1 Å². The van der Waals surface area contributed by atoms with Crippen molar-refractivity contribution >= 4 is 0 Å². The van der Waals surface area contributed by atoms with Gasteiger partial charge in [0.15, 0.2) is 0 Å². The summed E-state index contributed by atoms with van der Waals surface area (Å²) in [6.45, 7) is 2.52. The summed E-state index contributed by atoms with van der Waals surface area (Å²) in [4.78, 5) is 2.36. The second-order valence-electron chi connectivity index (χ2n) is 5.85. The molecule has 1 aliphatic rings. The lowest BCUT2D eigenvalue weighted by Crippen LogP contribution is -2.37. The van der Waals surface area contributed by atoms with Crippen molar-refractivity contribution < 1.29 is 13.5 Å². The van der Waals surface area contributed by atoms with Gasteiger partial charge in [0.05, 0.1) is 0 Å². The van der Waals surface area contributed by atoms with Crippen LogP contribution in [0, 0.1) is 5.92 Å². The Hall–Kier alpha value is -1.20. The van der Waals surface area contributed by atoms with Gasteiger partial charge in [-0.05, 0) is 63.5 Å². The summed E-state index contributed by atoms with van der Waals surface area (Å²) in [7, 11) is 2.15. The van der Waals surface area contributed by atoms with Crippen LogP contribution in [0.1, 0.15) is 31.4 Å². The summed E-state index contributed by atoms with van der Waals surface area (Å²) in [5.74, 6) is 0.875. The first-order chi connectivity index (χ1) is 10.0. The summed E-state index contributed by atoms with van der Waals surface area (Å²) in [5, 5.41) is 3.50. The quantitative estimate of drug-likeness (QED) is 0.872. The summed E-state index contributed by atoms with van der Waals surface area (Å²) < 4.78 is 28.9. The number of piperidine rings is 1. The minimum atomic E-state index is -2.78.